The van der Waals surface area contributed by atoms with E-state index < -0.39 is 0 Å². The Labute approximate surface area is 98.1 Å². The Balaban J connectivity index is 2.18. The number of nitrogens with one attached hydrogen (secondary N) is 1. The second-order valence-corrected chi connectivity index (χ2v) is 3.54. The first-order valence-electron chi connectivity index (χ1n) is 5.05. The monoisotopic (exact) mass is 229 g/mol. The Morgan fingerprint density at radius 3 is 2.88 bits per heavy atom. The number of rotatable bonds is 3. The van der Waals surface area contributed by atoms with Crippen LogP contribution in [0.15, 0.2) is 36.5 Å². The Hall–Kier alpha value is -2.43. The molecule has 0 aliphatic rings. The Morgan fingerprint density at radius 1 is 1.41 bits per heavy atom. The largest absolute Gasteiger partial charge is 0.321 e. The van der Waals surface area contributed by atoms with Gasteiger partial charge in [-0.2, -0.15) is 5.10 Å². The smallest absolute Gasteiger partial charge is 0.273 e. The number of aldehydes is 1. The van der Waals surface area contributed by atoms with E-state index in [-0.39, 0.29) is 5.91 Å². The lowest BCUT2D eigenvalue weighted by atomic mass is 10.2. The van der Waals surface area contributed by atoms with Gasteiger partial charge in [-0.15, -0.1) is 0 Å². The summed E-state index contributed by atoms with van der Waals surface area (Å²) >= 11 is 0. The molecule has 17 heavy (non-hydrogen) atoms. The molecule has 2 rings (SSSR count). The van der Waals surface area contributed by atoms with E-state index in [1.165, 1.54) is 4.68 Å². The number of aromatic nitrogens is 2. The highest BCUT2D eigenvalue weighted by Gasteiger charge is 2.09. The van der Waals surface area contributed by atoms with Gasteiger partial charge in [0.2, 0.25) is 0 Å². The van der Waals surface area contributed by atoms with E-state index in [0.717, 1.165) is 6.29 Å². The third-order valence-corrected chi connectivity index (χ3v) is 2.33. The van der Waals surface area contributed by atoms with Crippen LogP contribution in [0.1, 0.15) is 20.8 Å². The van der Waals surface area contributed by atoms with E-state index in [2.05, 4.69) is 10.4 Å². The van der Waals surface area contributed by atoms with Crippen LogP contribution in [0, 0.1) is 0 Å². The molecule has 0 atom stereocenters. The molecule has 1 N–H and O–H groups in total. The van der Waals surface area contributed by atoms with E-state index in [9.17, 15) is 9.59 Å². The molecule has 1 aromatic heterocycles. The zero-order valence-electron chi connectivity index (χ0n) is 9.25. The third-order valence-electron chi connectivity index (χ3n) is 2.33. The number of hydrogen-bond acceptors (Lipinski definition) is 3. The van der Waals surface area contributed by atoms with Gasteiger partial charge < -0.3 is 5.32 Å². The third kappa shape index (κ3) is 2.39. The topological polar surface area (TPSA) is 64.0 Å². The molecule has 5 nitrogen and oxygen atoms in total. The van der Waals surface area contributed by atoms with Crippen molar-refractivity contribution in [2.24, 2.45) is 7.05 Å². The van der Waals surface area contributed by atoms with Crippen LogP contribution in [0.2, 0.25) is 0 Å². The highest BCUT2D eigenvalue weighted by molar-refractivity contribution is 6.03. The van der Waals surface area contributed by atoms with Crippen LogP contribution in [0.5, 0.6) is 0 Å². The molecule has 0 saturated heterocycles. The average Bonchev–Trinajstić information content (AvgIpc) is 2.76. The van der Waals surface area contributed by atoms with E-state index in [1.54, 1.807) is 43.6 Å². The molecule has 1 heterocycles. The first kappa shape index (κ1) is 11.1. The van der Waals surface area contributed by atoms with Crippen LogP contribution in [-0.4, -0.2) is 22.0 Å². The van der Waals surface area contributed by atoms with Crippen molar-refractivity contribution in [2.45, 2.75) is 0 Å². The highest BCUT2D eigenvalue weighted by atomic mass is 16.2. The second kappa shape index (κ2) is 4.61. The Kier molecular flexibility index (Phi) is 3.00. The van der Waals surface area contributed by atoms with E-state index >= 15 is 0 Å². The predicted octanol–water partition coefficient (Wildman–Crippen LogP) is 1.48. The van der Waals surface area contributed by atoms with Crippen molar-refractivity contribution in [1.82, 2.24) is 9.78 Å². The summed E-state index contributed by atoms with van der Waals surface area (Å²) in [5.74, 6) is -0.256. The quantitative estimate of drug-likeness (QED) is 0.811. The summed E-state index contributed by atoms with van der Waals surface area (Å²) in [6.07, 6.45) is 2.29. The number of hydrogen-bond donors (Lipinski definition) is 1. The van der Waals surface area contributed by atoms with Crippen LogP contribution in [-0.2, 0) is 7.05 Å². The van der Waals surface area contributed by atoms with Crippen molar-refractivity contribution in [2.75, 3.05) is 5.32 Å². The van der Waals surface area contributed by atoms with Crippen LogP contribution in [0.25, 0.3) is 0 Å². The molecule has 5 heteroatoms. The van der Waals surface area contributed by atoms with Crippen LogP contribution in [0.3, 0.4) is 0 Å². The van der Waals surface area contributed by atoms with Crippen molar-refractivity contribution in [3.8, 4) is 0 Å². The van der Waals surface area contributed by atoms with Gasteiger partial charge in [-0.3, -0.25) is 14.3 Å². The standard InChI is InChI=1S/C12H11N3O2/c1-15-11(5-6-13-15)12(17)14-10-4-2-3-9(7-10)8-16/h2-8H,1H3,(H,14,17). The zero-order valence-corrected chi connectivity index (χ0v) is 9.25. The number of amides is 1. The molecule has 0 aliphatic heterocycles. The lowest BCUT2D eigenvalue weighted by Crippen LogP contribution is -2.16. The fraction of sp³-hybridized carbons (Fsp3) is 0.0833. The van der Waals surface area contributed by atoms with Gasteiger partial charge in [0.25, 0.3) is 5.91 Å². The number of carbonyl (C=O) groups excluding carboxylic acids is 2. The molecule has 86 valence electrons. The van der Waals surface area contributed by atoms with Gasteiger partial charge >= 0.3 is 0 Å². The fourth-order valence-corrected chi connectivity index (χ4v) is 1.48. The Bertz CT molecular complexity index is 560. The average molecular weight is 229 g/mol. The predicted molar refractivity (Wildman–Crippen MR) is 63.0 cm³/mol. The summed E-state index contributed by atoms with van der Waals surface area (Å²) in [5, 5.41) is 6.61. The molecule has 0 spiro atoms. The van der Waals surface area contributed by atoms with Crippen molar-refractivity contribution in [1.29, 1.82) is 0 Å². The summed E-state index contributed by atoms with van der Waals surface area (Å²) in [5.41, 5.74) is 1.56. The Morgan fingerprint density at radius 2 is 2.24 bits per heavy atom. The molecule has 0 radical (unpaired) electrons. The molecule has 0 bridgehead atoms. The normalized spacial score (nSPS) is 9.94. The van der Waals surface area contributed by atoms with Gasteiger partial charge in [-0.1, -0.05) is 12.1 Å². The van der Waals surface area contributed by atoms with Crippen LogP contribution < -0.4 is 5.32 Å². The highest BCUT2D eigenvalue weighted by Crippen LogP contribution is 2.10. The summed E-state index contributed by atoms with van der Waals surface area (Å²) < 4.78 is 1.49. The van der Waals surface area contributed by atoms with Crippen LogP contribution in [0.4, 0.5) is 5.69 Å². The number of anilines is 1. The zero-order chi connectivity index (χ0) is 12.3. The lowest BCUT2D eigenvalue weighted by molar-refractivity contribution is 0.101. The molecule has 0 saturated carbocycles. The summed E-state index contributed by atoms with van der Waals surface area (Å²) in [4.78, 5) is 22.4. The molecular weight excluding hydrogens is 218 g/mol. The first-order chi connectivity index (χ1) is 8.20. The van der Waals surface area contributed by atoms with Crippen molar-refractivity contribution in [3.63, 3.8) is 0 Å². The minimum atomic E-state index is -0.256. The van der Waals surface area contributed by atoms with Crippen molar-refractivity contribution < 1.29 is 9.59 Å². The van der Waals surface area contributed by atoms with Gasteiger partial charge in [0.05, 0.1) is 0 Å². The van der Waals surface area contributed by atoms with Crippen molar-refractivity contribution in [3.05, 3.63) is 47.8 Å². The van der Waals surface area contributed by atoms with E-state index in [1.807, 2.05) is 0 Å². The summed E-state index contributed by atoms with van der Waals surface area (Å²) in [7, 11) is 1.69. The van der Waals surface area contributed by atoms with Crippen molar-refractivity contribution >= 4 is 17.9 Å². The maximum atomic E-state index is 11.8. The molecule has 0 aliphatic carbocycles. The maximum absolute atomic E-state index is 11.8. The van der Waals surface area contributed by atoms with E-state index in [0.29, 0.717) is 16.9 Å². The summed E-state index contributed by atoms with van der Waals surface area (Å²) in [6, 6.07) is 8.34. The molecule has 0 unspecified atom stereocenters. The minimum absolute atomic E-state index is 0.256. The van der Waals surface area contributed by atoms with Gasteiger partial charge in [-0.25, -0.2) is 0 Å². The van der Waals surface area contributed by atoms with Gasteiger partial charge in [0, 0.05) is 24.5 Å². The first-order valence-corrected chi connectivity index (χ1v) is 5.05. The molecule has 1 aromatic carbocycles. The molecular formula is C12H11N3O2. The van der Waals surface area contributed by atoms with Gasteiger partial charge in [-0.05, 0) is 18.2 Å². The number of carbonyl (C=O) groups is 2. The fourth-order valence-electron chi connectivity index (χ4n) is 1.48. The lowest BCUT2D eigenvalue weighted by Gasteiger charge is -2.05. The minimum Gasteiger partial charge on any atom is -0.321 e. The number of aryl methyl sites for hydroxylation is 1. The molecule has 1 amide bonds. The van der Waals surface area contributed by atoms with E-state index in [4.69, 9.17) is 0 Å². The summed E-state index contributed by atoms with van der Waals surface area (Å²) in [6.45, 7) is 0. The molecule has 0 fully saturated rings. The number of benzene rings is 1. The molecule has 2 aromatic rings. The van der Waals surface area contributed by atoms with Gasteiger partial charge in [0.15, 0.2) is 0 Å². The number of nitrogens with zero attached hydrogens (tertiary/aromatic N) is 2. The maximum Gasteiger partial charge on any atom is 0.273 e. The van der Waals surface area contributed by atoms with Gasteiger partial charge in [0.1, 0.15) is 12.0 Å². The second-order valence-electron chi connectivity index (χ2n) is 3.54. The SMILES string of the molecule is Cn1nccc1C(=O)Nc1cccc(C=O)c1. The van der Waals surface area contributed by atoms with Crippen LogP contribution >= 0.6 is 0 Å².